The molecule has 0 aromatic carbocycles. The Bertz CT molecular complexity index is 1260. The van der Waals surface area contributed by atoms with Gasteiger partial charge in [0.15, 0.2) is 5.65 Å². The van der Waals surface area contributed by atoms with Gasteiger partial charge in [-0.05, 0) is 56.7 Å². The van der Waals surface area contributed by atoms with Crippen molar-refractivity contribution >= 4 is 33.7 Å². The second-order valence-electron chi connectivity index (χ2n) is 6.71. The van der Waals surface area contributed by atoms with E-state index in [1.807, 2.05) is 30.7 Å². The van der Waals surface area contributed by atoms with E-state index in [9.17, 15) is 4.21 Å². The smallest absolute Gasteiger partial charge is 0.205 e. The number of pyridine rings is 1. The molecule has 7 nitrogen and oxygen atoms in total. The third-order valence-corrected chi connectivity index (χ3v) is 7.36. The molecule has 0 saturated heterocycles. The molecule has 0 N–H and O–H groups in total. The van der Waals surface area contributed by atoms with Crippen LogP contribution in [0.2, 0.25) is 0 Å². The van der Waals surface area contributed by atoms with E-state index in [-0.39, 0.29) is 0 Å². The zero-order chi connectivity index (χ0) is 20.2. The third kappa shape index (κ3) is 2.76. The van der Waals surface area contributed by atoms with E-state index in [1.165, 1.54) is 15.8 Å². The summed E-state index contributed by atoms with van der Waals surface area (Å²) in [5.74, 6) is 0.947. The van der Waals surface area contributed by atoms with Gasteiger partial charge in [0.05, 0.1) is 27.4 Å². The van der Waals surface area contributed by atoms with Gasteiger partial charge >= 0.3 is 0 Å². The van der Waals surface area contributed by atoms with Crippen LogP contribution in [0.3, 0.4) is 0 Å². The summed E-state index contributed by atoms with van der Waals surface area (Å²) in [6, 6.07) is 1.94. The van der Waals surface area contributed by atoms with Crippen LogP contribution in [-0.2, 0) is 10.8 Å². The molecular formula is C19H22N6OS2. The Morgan fingerprint density at radius 3 is 2.54 bits per heavy atom. The lowest BCUT2D eigenvalue weighted by Crippen LogP contribution is -2.03. The van der Waals surface area contributed by atoms with Gasteiger partial charge in [-0.15, -0.1) is 21.5 Å². The van der Waals surface area contributed by atoms with Crippen LogP contribution in [0.15, 0.2) is 22.1 Å². The van der Waals surface area contributed by atoms with Crippen molar-refractivity contribution in [3.63, 3.8) is 0 Å². The number of hydrogen-bond acceptors (Lipinski definition) is 6. The fourth-order valence-corrected chi connectivity index (χ4v) is 4.82. The van der Waals surface area contributed by atoms with Crippen molar-refractivity contribution in [3.05, 3.63) is 34.6 Å². The van der Waals surface area contributed by atoms with Crippen LogP contribution >= 0.6 is 11.8 Å². The maximum Gasteiger partial charge on any atom is 0.205 e. The van der Waals surface area contributed by atoms with E-state index >= 15 is 0 Å². The molecule has 0 aliphatic carbocycles. The minimum absolute atomic E-state index is 0.445. The molecule has 0 fully saturated rings. The van der Waals surface area contributed by atoms with Crippen molar-refractivity contribution in [2.24, 2.45) is 0 Å². The standard InChI is InChI=1S/C19H22N6OS2/c1-7-28(26)18-16(19-21-15-8-14(27-6)9-20-25(15)23-19)22-24-13(5)11(3)10(2)12(4)17(18)24/h8-9H,7H2,1-6H3. The molecule has 9 heteroatoms. The predicted molar refractivity (Wildman–Crippen MR) is 113 cm³/mol. The average Bonchev–Trinajstić information content (AvgIpc) is 3.30. The van der Waals surface area contributed by atoms with Gasteiger partial charge in [0, 0.05) is 16.3 Å². The number of fused-ring (bicyclic) bond motifs is 2. The summed E-state index contributed by atoms with van der Waals surface area (Å²) in [5, 5.41) is 13.6. The van der Waals surface area contributed by atoms with Crippen LogP contribution in [0, 0.1) is 27.7 Å². The summed E-state index contributed by atoms with van der Waals surface area (Å²) < 4.78 is 16.4. The van der Waals surface area contributed by atoms with Crippen LogP contribution in [-0.4, -0.2) is 45.6 Å². The predicted octanol–water partition coefficient (Wildman–Crippen LogP) is 3.52. The van der Waals surface area contributed by atoms with Gasteiger partial charge in [-0.3, -0.25) is 4.21 Å². The average molecular weight is 415 g/mol. The molecule has 0 aliphatic rings. The molecule has 4 heterocycles. The Balaban J connectivity index is 2.08. The lowest BCUT2D eigenvalue weighted by molar-refractivity contribution is 0.684. The van der Waals surface area contributed by atoms with Crippen LogP contribution in [0.4, 0.5) is 0 Å². The number of nitrogens with zero attached hydrogens (tertiary/aromatic N) is 6. The maximum absolute atomic E-state index is 13.0. The molecule has 0 amide bonds. The summed E-state index contributed by atoms with van der Waals surface area (Å²) in [7, 11) is -1.20. The Morgan fingerprint density at radius 1 is 1.11 bits per heavy atom. The summed E-state index contributed by atoms with van der Waals surface area (Å²) in [4.78, 5) is 6.35. The number of aromatic nitrogens is 6. The van der Waals surface area contributed by atoms with Crippen molar-refractivity contribution in [2.45, 2.75) is 44.4 Å². The van der Waals surface area contributed by atoms with Crippen LogP contribution < -0.4 is 0 Å². The van der Waals surface area contributed by atoms with Gasteiger partial charge in [0.2, 0.25) is 5.82 Å². The van der Waals surface area contributed by atoms with Gasteiger partial charge in [-0.1, -0.05) is 6.92 Å². The summed E-state index contributed by atoms with van der Waals surface area (Å²) >= 11 is 1.60. The summed E-state index contributed by atoms with van der Waals surface area (Å²) in [5.41, 5.74) is 6.60. The van der Waals surface area contributed by atoms with Gasteiger partial charge < -0.3 is 0 Å². The lowest BCUT2D eigenvalue weighted by atomic mass is 10.0. The highest BCUT2D eigenvalue weighted by molar-refractivity contribution is 7.98. The van der Waals surface area contributed by atoms with Gasteiger partial charge in [0.25, 0.3) is 0 Å². The van der Waals surface area contributed by atoms with E-state index in [1.54, 1.807) is 18.0 Å². The van der Waals surface area contributed by atoms with Gasteiger partial charge in [-0.2, -0.15) is 10.2 Å². The topological polar surface area (TPSA) is 77.5 Å². The van der Waals surface area contributed by atoms with Crippen LogP contribution in [0.25, 0.3) is 22.7 Å². The number of aryl methyl sites for hydroxylation is 2. The lowest BCUT2D eigenvalue weighted by Gasteiger charge is -2.12. The molecule has 4 aromatic rings. The van der Waals surface area contributed by atoms with Gasteiger partial charge in [0.1, 0.15) is 5.69 Å². The Morgan fingerprint density at radius 2 is 1.86 bits per heavy atom. The highest BCUT2D eigenvalue weighted by atomic mass is 32.2. The van der Waals surface area contributed by atoms with E-state index in [0.717, 1.165) is 21.7 Å². The van der Waals surface area contributed by atoms with Crippen molar-refractivity contribution in [1.82, 2.24) is 29.4 Å². The first-order chi connectivity index (χ1) is 13.4. The van der Waals surface area contributed by atoms with Crippen molar-refractivity contribution in [2.75, 3.05) is 12.0 Å². The fourth-order valence-electron chi connectivity index (χ4n) is 3.35. The minimum Gasteiger partial charge on any atom is -0.254 e. The Kier molecular flexibility index (Phi) is 4.75. The normalized spacial score (nSPS) is 12.9. The first-order valence-electron chi connectivity index (χ1n) is 9.02. The Hall–Kier alpha value is -2.26. The SMILES string of the molecule is CCS(=O)c1c(-c2nc3cc(SC)cnn3n2)nn2c(C)c(C)c(C)c(C)c12. The van der Waals surface area contributed by atoms with Gasteiger partial charge in [-0.25, -0.2) is 9.50 Å². The first kappa shape index (κ1) is 19.1. The highest BCUT2D eigenvalue weighted by Crippen LogP contribution is 2.33. The molecule has 0 bridgehead atoms. The Labute approximate surface area is 170 Å². The fraction of sp³-hybridized carbons (Fsp3) is 0.368. The van der Waals surface area contributed by atoms with E-state index in [4.69, 9.17) is 5.10 Å². The molecule has 0 aliphatic heterocycles. The third-order valence-electron chi connectivity index (χ3n) is 5.30. The monoisotopic (exact) mass is 414 g/mol. The number of hydrogen-bond donors (Lipinski definition) is 0. The van der Waals surface area contributed by atoms with E-state index in [0.29, 0.717) is 27.8 Å². The highest BCUT2D eigenvalue weighted by Gasteiger charge is 2.26. The maximum atomic E-state index is 13.0. The summed E-state index contributed by atoms with van der Waals surface area (Å²) in [6.07, 6.45) is 3.75. The van der Waals surface area contributed by atoms with Crippen LogP contribution in [0.1, 0.15) is 29.3 Å². The van der Waals surface area contributed by atoms with Crippen molar-refractivity contribution in [1.29, 1.82) is 0 Å². The molecule has 146 valence electrons. The van der Waals surface area contributed by atoms with Crippen molar-refractivity contribution in [3.8, 4) is 11.5 Å². The molecule has 4 aromatic heterocycles. The zero-order valence-corrected chi connectivity index (χ0v) is 18.4. The molecule has 28 heavy (non-hydrogen) atoms. The molecule has 0 radical (unpaired) electrons. The molecule has 1 unspecified atom stereocenters. The molecular weight excluding hydrogens is 392 g/mol. The quantitative estimate of drug-likeness (QED) is 0.476. The molecule has 1 atom stereocenters. The number of thioether (sulfide) groups is 1. The molecule has 0 spiro atoms. The largest absolute Gasteiger partial charge is 0.254 e. The van der Waals surface area contributed by atoms with Crippen molar-refractivity contribution < 1.29 is 4.21 Å². The second-order valence-corrected chi connectivity index (χ2v) is 9.27. The number of rotatable bonds is 4. The van der Waals surface area contributed by atoms with E-state index in [2.05, 4.69) is 36.0 Å². The second kappa shape index (κ2) is 6.97. The summed E-state index contributed by atoms with van der Waals surface area (Å²) in [6.45, 7) is 10.2. The van der Waals surface area contributed by atoms with Crippen LogP contribution in [0.5, 0.6) is 0 Å². The molecule has 0 saturated carbocycles. The minimum atomic E-state index is -1.20. The zero-order valence-electron chi connectivity index (χ0n) is 16.8. The molecule has 4 rings (SSSR count). The van der Waals surface area contributed by atoms with E-state index < -0.39 is 10.8 Å². The first-order valence-corrected chi connectivity index (χ1v) is 11.6.